The van der Waals surface area contributed by atoms with Gasteiger partial charge in [0, 0.05) is 0 Å². The summed E-state index contributed by atoms with van der Waals surface area (Å²) in [5.41, 5.74) is 3.19. The maximum atomic E-state index is 12.5. The molecule has 0 spiro atoms. The van der Waals surface area contributed by atoms with Gasteiger partial charge >= 0.3 is 5.97 Å². The van der Waals surface area contributed by atoms with E-state index in [1.807, 2.05) is 31.2 Å². The highest BCUT2D eigenvalue weighted by Crippen LogP contribution is 2.22. The van der Waals surface area contributed by atoms with Gasteiger partial charge in [0.25, 0.3) is 5.56 Å². The van der Waals surface area contributed by atoms with E-state index >= 15 is 0 Å². The average Bonchev–Trinajstić information content (AvgIpc) is 2.90. The van der Waals surface area contributed by atoms with Crippen molar-refractivity contribution in [1.29, 1.82) is 0 Å². The quantitative estimate of drug-likeness (QED) is 0.788. The van der Waals surface area contributed by atoms with Gasteiger partial charge in [-0.3, -0.25) is 9.59 Å². The Morgan fingerprint density at radius 1 is 1.16 bits per heavy atom. The van der Waals surface area contributed by atoms with Crippen LogP contribution in [0.25, 0.3) is 16.6 Å². The molecule has 0 fully saturated rings. The highest BCUT2D eigenvalue weighted by atomic mass is 16.4. The molecule has 7 nitrogen and oxygen atoms in total. The van der Waals surface area contributed by atoms with Gasteiger partial charge in [0.1, 0.15) is 6.54 Å². The molecule has 0 aliphatic carbocycles. The van der Waals surface area contributed by atoms with Crippen molar-refractivity contribution in [1.82, 2.24) is 19.6 Å². The maximum absolute atomic E-state index is 12.5. The molecule has 0 bridgehead atoms. The third-order valence-corrected chi connectivity index (χ3v) is 4.28. The number of hydrogen-bond acceptors (Lipinski definition) is 4. The van der Waals surface area contributed by atoms with Crippen molar-refractivity contribution in [2.75, 3.05) is 0 Å². The monoisotopic (exact) mass is 340 g/mol. The van der Waals surface area contributed by atoms with Crippen molar-refractivity contribution in [3.63, 3.8) is 0 Å². The van der Waals surface area contributed by atoms with Crippen molar-refractivity contribution in [3.05, 3.63) is 51.6 Å². The molecule has 0 atom stereocenters. The molecule has 0 unspecified atom stereocenters. The Hall–Kier alpha value is -2.96. The second kappa shape index (κ2) is 6.16. The molecule has 0 saturated carbocycles. The number of aliphatic carboxylic acids is 1. The van der Waals surface area contributed by atoms with Crippen LogP contribution >= 0.6 is 0 Å². The summed E-state index contributed by atoms with van der Waals surface area (Å²) in [6, 6.07) is 8.01. The summed E-state index contributed by atoms with van der Waals surface area (Å²) in [6.45, 7) is 7.40. The lowest BCUT2D eigenvalue weighted by atomic mass is 10.0. The van der Waals surface area contributed by atoms with E-state index in [0.29, 0.717) is 17.0 Å². The molecule has 25 heavy (non-hydrogen) atoms. The number of nitrogens with zero attached hydrogens (tertiary/aromatic N) is 4. The van der Waals surface area contributed by atoms with E-state index in [9.17, 15) is 9.59 Å². The molecule has 0 radical (unpaired) electrons. The number of fused-ring (bicyclic) bond motifs is 1. The zero-order chi connectivity index (χ0) is 18.3. The van der Waals surface area contributed by atoms with Gasteiger partial charge in [-0.1, -0.05) is 26.0 Å². The fourth-order valence-electron chi connectivity index (χ4n) is 2.97. The number of hydrogen-bond donors (Lipinski definition) is 1. The van der Waals surface area contributed by atoms with Gasteiger partial charge in [-0.15, -0.1) is 0 Å². The summed E-state index contributed by atoms with van der Waals surface area (Å²) in [5, 5.41) is 18.2. The Kier molecular flexibility index (Phi) is 4.16. The smallest absolute Gasteiger partial charge is 0.325 e. The minimum Gasteiger partial charge on any atom is -0.480 e. The standard InChI is InChI=1S/C18H20N4O3/c1-10(2)13-5-7-14(8-6-13)22-12(4)16-11(3)19-21(9-15(23)24)18(25)17(16)20-22/h5-8,10H,9H2,1-4H3,(H,23,24). The van der Waals surface area contributed by atoms with Crippen molar-refractivity contribution in [2.24, 2.45) is 0 Å². The second-order valence-electron chi connectivity index (χ2n) is 6.41. The van der Waals surface area contributed by atoms with Gasteiger partial charge in [-0.25, -0.2) is 9.36 Å². The fourth-order valence-corrected chi connectivity index (χ4v) is 2.97. The van der Waals surface area contributed by atoms with Crippen molar-refractivity contribution >= 4 is 16.9 Å². The Morgan fingerprint density at radius 2 is 1.80 bits per heavy atom. The normalized spacial score (nSPS) is 11.4. The van der Waals surface area contributed by atoms with Crippen LogP contribution in [-0.2, 0) is 11.3 Å². The minimum absolute atomic E-state index is 0.235. The topological polar surface area (TPSA) is 90.0 Å². The first-order valence-corrected chi connectivity index (χ1v) is 8.08. The van der Waals surface area contributed by atoms with Crippen LogP contribution < -0.4 is 5.56 Å². The average molecular weight is 340 g/mol. The molecule has 1 N–H and O–H groups in total. The first-order valence-electron chi connectivity index (χ1n) is 8.08. The van der Waals surface area contributed by atoms with Crippen LogP contribution in [0.1, 0.15) is 36.7 Å². The molecule has 0 saturated heterocycles. The summed E-state index contributed by atoms with van der Waals surface area (Å²) in [7, 11) is 0. The van der Waals surface area contributed by atoms with E-state index in [1.165, 1.54) is 5.56 Å². The SMILES string of the molecule is Cc1nn(CC(=O)O)c(=O)c2nn(-c3ccc(C(C)C)cc3)c(C)c12. The van der Waals surface area contributed by atoms with Crippen LogP contribution in [0.4, 0.5) is 0 Å². The summed E-state index contributed by atoms with van der Waals surface area (Å²) in [5.74, 6) is -0.685. The lowest BCUT2D eigenvalue weighted by Crippen LogP contribution is -2.27. The van der Waals surface area contributed by atoms with Gasteiger partial charge in [-0.05, 0) is 37.5 Å². The van der Waals surface area contributed by atoms with Crippen LogP contribution in [0.2, 0.25) is 0 Å². The summed E-state index contributed by atoms with van der Waals surface area (Å²) >= 11 is 0. The van der Waals surface area contributed by atoms with Crippen molar-refractivity contribution < 1.29 is 9.90 Å². The summed E-state index contributed by atoms with van der Waals surface area (Å²) in [4.78, 5) is 23.4. The highest BCUT2D eigenvalue weighted by Gasteiger charge is 2.18. The molecule has 0 amide bonds. The molecule has 130 valence electrons. The Labute approximate surface area is 144 Å². The first-order chi connectivity index (χ1) is 11.8. The molecule has 0 aliphatic rings. The van der Waals surface area contributed by atoms with Gasteiger partial charge in [-0.2, -0.15) is 10.2 Å². The molecule has 2 heterocycles. The van der Waals surface area contributed by atoms with Crippen LogP contribution in [-0.4, -0.2) is 30.6 Å². The first kappa shape index (κ1) is 16.9. The van der Waals surface area contributed by atoms with Gasteiger partial charge in [0.2, 0.25) is 0 Å². The van der Waals surface area contributed by atoms with E-state index < -0.39 is 18.1 Å². The van der Waals surface area contributed by atoms with Crippen LogP contribution in [0.5, 0.6) is 0 Å². The number of carboxylic acids is 1. The number of carbonyl (C=O) groups is 1. The molecule has 0 aliphatic heterocycles. The predicted molar refractivity (Wildman–Crippen MR) is 94.3 cm³/mol. The number of aromatic nitrogens is 4. The summed E-state index contributed by atoms with van der Waals surface area (Å²) < 4.78 is 2.65. The second-order valence-corrected chi connectivity index (χ2v) is 6.41. The molecule has 2 aromatic heterocycles. The third-order valence-electron chi connectivity index (χ3n) is 4.28. The minimum atomic E-state index is -1.12. The van der Waals surface area contributed by atoms with Gasteiger partial charge < -0.3 is 5.11 Å². The molecule has 3 rings (SSSR count). The molecule has 1 aromatic carbocycles. The molecule has 7 heteroatoms. The van der Waals surface area contributed by atoms with E-state index in [0.717, 1.165) is 16.1 Å². The van der Waals surface area contributed by atoms with Crippen molar-refractivity contribution in [2.45, 2.75) is 40.2 Å². The third kappa shape index (κ3) is 2.93. The Bertz CT molecular complexity index is 1010. The van der Waals surface area contributed by atoms with Crippen molar-refractivity contribution in [3.8, 4) is 5.69 Å². The number of rotatable bonds is 4. The maximum Gasteiger partial charge on any atom is 0.325 e. The fraction of sp³-hybridized carbons (Fsp3) is 0.333. The Balaban J connectivity index is 2.19. The molecular formula is C18H20N4O3. The number of carboxylic acid groups (broad SMARTS) is 1. The van der Waals surface area contributed by atoms with Crippen LogP contribution in [0.3, 0.4) is 0 Å². The Morgan fingerprint density at radius 3 is 2.36 bits per heavy atom. The molecule has 3 aromatic rings. The van der Waals surface area contributed by atoms with Gasteiger partial charge in [0.05, 0.1) is 22.5 Å². The zero-order valence-corrected chi connectivity index (χ0v) is 14.6. The number of benzene rings is 1. The lowest BCUT2D eigenvalue weighted by Gasteiger charge is -2.08. The van der Waals surface area contributed by atoms with Crippen LogP contribution in [0.15, 0.2) is 29.1 Å². The lowest BCUT2D eigenvalue weighted by molar-refractivity contribution is -0.138. The van der Waals surface area contributed by atoms with E-state index in [2.05, 4.69) is 24.0 Å². The van der Waals surface area contributed by atoms with E-state index in [4.69, 9.17) is 5.11 Å². The molecular weight excluding hydrogens is 320 g/mol. The van der Waals surface area contributed by atoms with Gasteiger partial charge in [0.15, 0.2) is 5.52 Å². The van der Waals surface area contributed by atoms with Crippen LogP contribution in [0, 0.1) is 13.8 Å². The van der Waals surface area contributed by atoms with E-state index in [-0.39, 0.29) is 5.52 Å². The largest absolute Gasteiger partial charge is 0.480 e. The zero-order valence-electron chi connectivity index (χ0n) is 14.6. The predicted octanol–water partition coefficient (Wildman–Crippen LogP) is 2.41. The summed E-state index contributed by atoms with van der Waals surface area (Å²) in [6.07, 6.45) is 0. The highest BCUT2D eigenvalue weighted by molar-refractivity contribution is 5.83. The van der Waals surface area contributed by atoms with E-state index in [1.54, 1.807) is 11.6 Å². The number of aryl methyl sites for hydroxylation is 2.